The molecule has 3 heterocycles. The lowest BCUT2D eigenvalue weighted by atomic mass is 10.1. The Hall–Kier alpha value is -2.65. The maximum atomic E-state index is 13.0. The van der Waals surface area contributed by atoms with Gasteiger partial charge < -0.3 is 34.7 Å². The van der Waals surface area contributed by atoms with Crippen molar-refractivity contribution in [1.29, 1.82) is 0 Å². The van der Waals surface area contributed by atoms with Gasteiger partial charge >= 0.3 is 6.09 Å². The monoisotopic (exact) mass is 566 g/mol. The summed E-state index contributed by atoms with van der Waals surface area (Å²) in [6.07, 6.45) is -0.843. The van der Waals surface area contributed by atoms with Crippen molar-refractivity contribution in [3.8, 4) is 0 Å². The normalized spacial score (nSPS) is 22.0. The zero-order chi connectivity index (χ0) is 29.3. The predicted octanol–water partition coefficient (Wildman–Crippen LogP) is 2.71. The van der Waals surface area contributed by atoms with Gasteiger partial charge in [0.1, 0.15) is 24.1 Å². The van der Waals surface area contributed by atoms with Crippen LogP contribution in [0.2, 0.25) is 18.1 Å². The first-order chi connectivity index (χ1) is 17.9. The standard InChI is InChI=1S/C25H42N6O7Si/c1-14(32)17(29-23(35)38-24(2,3)4)21(34)30-19-18-20(27-12-26-19)31(13-28-18)22-16(33)10-15(37-22)11-36-39(8,9)25(5,6)7/h12-17,22,32-33H,10-11H2,1-9H3,(H,29,35)(H,26,27,30,34)/t14-,15+,16-,17+,22-/m1/s1. The molecule has 0 unspecified atom stereocenters. The smallest absolute Gasteiger partial charge is 0.408 e. The topological polar surface area (TPSA) is 170 Å². The molecule has 3 rings (SSSR count). The van der Waals surface area contributed by atoms with Crippen LogP contribution in [0.3, 0.4) is 0 Å². The number of hydrogen-bond donors (Lipinski definition) is 4. The second-order valence-electron chi connectivity index (χ2n) is 12.4. The van der Waals surface area contributed by atoms with Gasteiger partial charge in [-0.25, -0.2) is 19.7 Å². The highest BCUT2D eigenvalue weighted by atomic mass is 28.4. The number of anilines is 1. The molecule has 0 radical (unpaired) electrons. The van der Waals surface area contributed by atoms with Crippen LogP contribution in [0.25, 0.3) is 11.2 Å². The molecule has 39 heavy (non-hydrogen) atoms. The summed E-state index contributed by atoms with van der Waals surface area (Å²) >= 11 is 0. The van der Waals surface area contributed by atoms with Crippen molar-refractivity contribution in [3.05, 3.63) is 12.7 Å². The third kappa shape index (κ3) is 7.51. The molecule has 1 aliphatic heterocycles. The molecule has 218 valence electrons. The second-order valence-corrected chi connectivity index (χ2v) is 17.2. The highest BCUT2D eigenvalue weighted by Crippen LogP contribution is 2.38. The van der Waals surface area contributed by atoms with E-state index in [2.05, 4.69) is 59.5 Å². The molecule has 2 aromatic rings. The number of amides is 2. The minimum absolute atomic E-state index is 0.0528. The number of hydrogen-bond acceptors (Lipinski definition) is 10. The van der Waals surface area contributed by atoms with Gasteiger partial charge in [0.25, 0.3) is 5.91 Å². The molecule has 1 aliphatic rings. The summed E-state index contributed by atoms with van der Waals surface area (Å²) in [4.78, 5) is 37.9. The number of nitrogens with one attached hydrogen (secondary N) is 2. The zero-order valence-corrected chi connectivity index (χ0v) is 25.2. The van der Waals surface area contributed by atoms with Crippen molar-refractivity contribution in [2.75, 3.05) is 11.9 Å². The summed E-state index contributed by atoms with van der Waals surface area (Å²) in [5, 5.41) is 25.9. The van der Waals surface area contributed by atoms with E-state index in [1.54, 1.807) is 25.3 Å². The fourth-order valence-corrected chi connectivity index (χ4v) is 4.80. The quantitative estimate of drug-likeness (QED) is 0.348. The molecule has 4 N–H and O–H groups in total. The molecule has 1 fully saturated rings. The Morgan fingerprint density at radius 3 is 2.46 bits per heavy atom. The van der Waals surface area contributed by atoms with E-state index in [1.807, 2.05) is 0 Å². The van der Waals surface area contributed by atoms with Crippen molar-refractivity contribution in [2.45, 2.75) is 109 Å². The number of aliphatic hydroxyl groups excluding tert-OH is 2. The predicted molar refractivity (Wildman–Crippen MR) is 146 cm³/mol. The van der Waals surface area contributed by atoms with Gasteiger partial charge in [-0.1, -0.05) is 20.8 Å². The van der Waals surface area contributed by atoms with E-state index in [4.69, 9.17) is 13.9 Å². The molecule has 1 saturated heterocycles. The number of aromatic nitrogens is 4. The van der Waals surface area contributed by atoms with E-state index in [9.17, 15) is 19.8 Å². The summed E-state index contributed by atoms with van der Waals surface area (Å²) in [6.45, 7) is 17.6. The highest BCUT2D eigenvalue weighted by molar-refractivity contribution is 6.74. The van der Waals surface area contributed by atoms with Crippen molar-refractivity contribution in [3.63, 3.8) is 0 Å². The lowest BCUT2D eigenvalue weighted by Gasteiger charge is -2.36. The van der Waals surface area contributed by atoms with Crippen LogP contribution in [0, 0.1) is 0 Å². The number of fused-ring (bicyclic) bond motifs is 1. The minimum atomic E-state index is -1.98. The van der Waals surface area contributed by atoms with E-state index in [1.165, 1.54) is 19.6 Å². The van der Waals surface area contributed by atoms with Crippen molar-refractivity contribution >= 4 is 37.3 Å². The summed E-state index contributed by atoms with van der Waals surface area (Å²) in [5.74, 6) is -0.643. The Bertz CT molecular complexity index is 1170. The fraction of sp³-hybridized carbons (Fsp3) is 0.720. The number of aliphatic hydroxyl groups is 2. The molecule has 0 saturated carbocycles. The largest absolute Gasteiger partial charge is 0.444 e. The summed E-state index contributed by atoms with van der Waals surface area (Å²) < 4.78 is 19.2. The van der Waals surface area contributed by atoms with Crippen LogP contribution in [0.5, 0.6) is 0 Å². The third-order valence-corrected chi connectivity index (χ3v) is 11.4. The average molecular weight is 567 g/mol. The number of imidazole rings is 1. The minimum Gasteiger partial charge on any atom is -0.444 e. The highest BCUT2D eigenvalue weighted by Gasteiger charge is 2.41. The van der Waals surface area contributed by atoms with E-state index in [0.29, 0.717) is 18.7 Å². The van der Waals surface area contributed by atoms with Crippen LogP contribution in [0.15, 0.2) is 12.7 Å². The molecule has 2 aromatic heterocycles. The molecule has 0 aliphatic carbocycles. The Balaban J connectivity index is 1.74. The average Bonchev–Trinajstić information content (AvgIpc) is 3.37. The maximum absolute atomic E-state index is 13.0. The first-order valence-corrected chi connectivity index (χ1v) is 15.9. The molecule has 0 bridgehead atoms. The van der Waals surface area contributed by atoms with E-state index in [0.717, 1.165) is 0 Å². The van der Waals surface area contributed by atoms with Crippen LogP contribution in [-0.4, -0.2) is 86.6 Å². The van der Waals surface area contributed by atoms with Gasteiger partial charge in [0.15, 0.2) is 31.5 Å². The molecule has 13 nitrogen and oxygen atoms in total. The first-order valence-electron chi connectivity index (χ1n) is 13.0. The zero-order valence-electron chi connectivity index (χ0n) is 24.2. The Morgan fingerprint density at radius 1 is 1.21 bits per heavy atom. The molecular weight excluding hydrogens is 524 g/mol. The summed E-state index contributed by atoms with van der Waals surface area (Å²) in [6, 6.07) is -1.31. The molecule has 0 spiro atoms. The molecule has 14 heteroatoms. The van der Waals surface area contributed by atoms with Crippen LogP contribution in [0.4, 0.5) is 10.6 Å². The van der Waals surface area contributed by atoms with Crippen LogP contribution in [-0.2, 0) is 18.7 Å². The van der Waals surface area contributed by atoms with Crippen LogP contribution < -0.4 is 10.6 Å². The van der Waals surface area contributed by atoms with Gasteiger partial charge in [-0.3, -0.25) is 9.36 Å². The Labute approximate surface area is 229 Å². The number of ether oxygens (including phenoxy) is 2. The Kier molecular flexibility index (Phi) is 9.07. The number of carbonyl (C=O) groups excluding carboxylic acids is 2. The van der Waals surface area contributed by atoms with Gasteiger partial charge in [0.2, 0.25) is 0 Å². The van der Waals surface area contributed by atoms with Crippen molar-refractivity contribution in [1.82, 2.24) is 24.8 Å². The number of rotatable bonds is 8. The van der Waals surface area contributed by atoms with Crippen molar-refractivity contribution in [2.24, 2.45) is 0 Å². The molecule has 0 aromatic carbocycles. The fourth-order valence-electron chi connectivity index (χ4n) is 3.77. The number of carbonyl (C=O) groups is 2. The SMILES string of the molecule is C[C@@H](O)[C@H](NC(=O)OC(C)(C)C)C(=O)Nc1ncnc2c1ncn2[C@@H]1O[C@H](CO[Si](C)(C)C(C)(C)C)C[C@H]1O. The van der Waals surface area contributed by atoms with Gasteiger partial charge in [0.05, 0.1) is 25.1 Å². The van der Waals surface area contributed by atoms with E-state index in [-0.39, 0.29) is 22.5 Å². The van der Waals surface area contributed by atoms with Crippen molar-refractivity contribution < 1.29 is 33.7 Å². The molecule has 5 atom stereocenters. The Morgan fingerprint density at radius 2 is 1.87 bits per heavy atom. The lowest BCUT2D eigenvalue weighted by Crippen LogP contribution is -2.51. The molecule has 2 amide bonds. The van der Waals surface area contributed by atoms with Crippen LogP contribution in [0.1, 0.15) is 61.1 Å². The van der Waals surface area contributed by atoms with Crippen LogP contribution >= 0.6 is 0 Å². The van der Waals surface area contributed by atoms with E-state index >= 15 is 0 Å². The lowest BCUT2D eigenvalue weighted by molar-refractivity contribution is -0.120. The van der Waals surface area contributed by atoms with Gasteiger partial charge in [-0.2, -0.15) is 0 Å². The number of alkyl carbamates (subject to hydrolysis) is 1. The van der Waals surface area contributed by atoms with Gasteiger partial charge in [-0.15, -0.1) is 0 Å². The van der Waals surface area contributed by atoms with Gasteiger partial charge in [0, 0.05) is 6.42 Å². The first kappa shape index (κ1) is 30.9. The maximum Gasteiger partial charge on any atom is 0.408 e. The summed E-state index contributed by atoms with van der Waals surface area (Å²) in [7, 11) is -1.98. The van der Waals surface area contributed by atoms with Gasteiger partial charge in [-0.05, 0) is 45.8 Å². The second kappa shape index (κ2) is 11.5. The molecular formula is C25H42N6O7Si. The van der Waals surface area contributed by atoms with E-state index < -0.39 is 50.4 Å². The number of nitrogens with zero attached hydrogens (tertiary/aromatic N) is 4. The summed E-state index contributed by atoms with van der Waals surface area (Å²) in [5.41, 5.74) is -0.189. The third-order valence-electron chi connectivity index (χ3n) is 6.91.